The van der Waals surface area contributed by atoms with Crippen LogP contribution in [0.2, 0.25) is 5.02 Å². The molecule has 0 atom stereocenters. The molecule has 4 rings (SSSR count). The summed E-state index contributed by atoms with van der Waals surface area (Å²) in [7, 11) is 0. The molecule has 184 valence electrons. The number of carbonyl (C=O) groups excluding carboxylic acids is 3. The maximum atomic E-state index is 13.3. The number of hydrogen-bond acceptors (Lipinski definition) is 4. The first-order chi connectivity index (χ1) is 17.3. The Balaban J connectivity index is 1.71. The Kier molecular flexibility index (Phi) is 7.91. The van der Waals surface area contributed by atoms with E-state index in [4.69, 9.17) is 16.3 Å². The van der Waals surface area contributed by atoms with Crippen molar-refractivity contribution in [3.05, 3.63) is 98.0 Å². The Hall–Kier alpha value is -3.42. The van der Waals surface area contributed by atoms with Gasteiger partial charge in [0.25, 0.3) is 11.8 Å². The quantitative estimate of drug-likeness (QED) is 0.268. The lowest BCUT2D eigenvalue weighted by Crippen LogP contribution is -2.54. The summed E-state index contributed by atoms with van der Waals surface area (Å²) in [6.45, 7) is 4.29. The molecule has 4 amide bonds. The van der Waals surface area contributed by atoms with Gasteiger partial charge in [-0.15, -0.1) is 0 Å². The molecule has 1 N–H and O–H groups in total. The molecule has 0 bridgehead atoms. The van der Waals surface area contributed by atoms with E-state index in [0.717, 1.165) is 32.5 Å². The summed E-state index contributed by atoms with van der Waals surface area (Å²) in [4.78, 5) is 39.3. The third kappa shape index (κ3) is 5.37. The van der Waals surface area contributed by atoms with Gasteiger partial charge in [-0.25, -0.2) is 9.69 Å². The molecule has 3 aromatic carbocycles. The van der Waals surface area contributed by atoms with Crippen LogP contribution >= 0.6 is 27.5 Å². The number of ether oxygens (including phenoxy) is 1. The molecule has 0 aliphatic carbocycles. The van der Waals surface area contributed by atoms with Gasteiger partial charge in [0.1, 0.15) is 11.3 Å². The van der Waals surface area contributed by atoms with Gasteiger partial charge in [0.2, 0.25) is 0 Å². The fourth-order valence-corrected chi connectivity index (χ4v) is 4.65. The number of barbiturate groups is 1. The zero-order valence-corrected chi connectivity index (χ0v) is 22.2. The molecule has 1 heterocycles. The van der Waals surface area contributed by atoms with E-state index in [9.17, 15) is 14.4 Å². The molecule has 1 aliphatic heterocycles. The predicted molar refractivity (Wildman–Crippen MR) is 144 cm³/mol. The average Bonchev–Trinajstić information content (AvgIpc) is 2.85. The second-order valence-corrected chi connectivity index (χ2v) is 9.42. The van der Waals surface area contributed by atoms with E-state index < -0.39 is 17.8 Å². The van der Waals surface area contributed by atoms with E-state index in [1.165, 1.54) is 6.08 Å². The van der Waals surface area contributed by atoms with Gasteiger partial charge in [-0.2, -0.15) is 0 Å². The number of carbonyl (C=O) groups is 3. The van der Waals surface area contributed by atoms with Gasteiger partial charge in [0, 0.05) is 21.5 Å². The molecule has 0 saturated carbocycles. The van der Waals surface area contributed by atoms with E-state index in [2.05, 4.69) is 21.2 Å². The van der Waals surface area contributed by atoms with Gasteiger partial charge in [-0.05, 0) is 66.4 Å². The monoisotopic (exact) mass is 566 g/mol. The largest absolute Gasteiger partial charge is 0.494 e. The van der Waals surface area contributed by atoms with Crippen LogP contribution in [0.25, 0.3) is 6.08 Å². The molecule has 1 fully saturated rings. The molecule has 0 radical (unpaired) electrons. The molecule has 3 aromatic rings. The van der Waals surface area contributed by atoms with Crippen LogP contribution in [0.15, 0.2) is 70.7 Å². The Morgan fingerprint density at radius 2 is 1.75 bits per heavy atom. The van der Waals surface area contributed by atoms with Crippen LogP contribution in [0, 0.1) is 0 Å². The number of benzene rings is 3. The first kappa shape index (κ1) is 25.7. The minimum Gasteiger partial charge on any atom is -0.494 e. The number of halogens is 2. The first-order valence-electron chi connectivity index (χ1n) is 11.5. The van der Waals surface area contributed by atoms with Crippen LogP contribution in [0.3, 0.4) is 0 Å². The molecule has 36 heavy (non-hydrogen) atoms. The Labute approximate surface area is 223 Å². The predicted octanol–water partition coefficient (Wildman–Crippen LogP) is 6.32. The van der Waals surface area contributed by atoms with Crippen LogP contribution in [-0.4, -0.2) is 24.5 Å². The summed E-state index contributed by atoms with van der Waals surface area (Å²) in [6.07, 6.45) is 2.78. The summed E-state index contributed by atoms with van der Waals surface area (Å²) in [5, 5.41) is 2.69. The summed E-state index contributed by atoms with van der Waals surface area (Å²) in [5.41, 5.74) is 3.61. The molecule has 8 heteroatoms. The van der Waals surface area contributed by atoms with Crippen molar-refractivity contribution < 1.29 is 19.1 Å². The highest BCUT2D eigenvalue weighted by atomic mass is 79.9. The molecule has 1 aliphatic rings. The van der Waals surface area contributed by atoms with Gasteiger partial charge >= 0.3 is 6.03 Å². The lowest BCUT2D eigenvalue weighted by molar-refractivity contribution is -0.122. The van der Waals surface area contributed by atoms with Crippen LogP contribution in [0.5, 0.6) is 5.75 Å². The van der Waals surface area contributed by atoms with Crippen molar-refractivity contribution in [1.29, 1.82) is 0 Å². The van der Waals surface area contributed by atoms with Gasteiger partial charge in [0.15, 0.2) is 0 Å². The van der Waals surface area contributed by atoms with Gasteiger partial charge in [0.05, 0.1) is 12.3 Å². The maximum absolute atomic E-state index is 13.3. The van der Waals surface area contributed by atoms with Crippen LogP contribution in [-0.2, 0) is 22.4 Å². The lowest BCUT2D eigenvalue weighted by Gasteiger charge is -2.26. The molecule has 1 saturated heterocycles. The molecule has 0 spiro atoms. The van der Waals surface area contributed by atoms with Crippen molar-refractivity contribution in [2.24, 2.45) is 0 Å². The van der Waals surface area contributed by atoms with Crippen LogP contribution in [0.1, 0.15) is 36.1 Å². The second kappa shape index (κ2) is 11.1. The lowest BCUT2D eigenvalue weighted by atomic mass is 10.00. The highest BCUT2D eigenvalue weighted by Crippen LogP contribution is 2.34. The Bertz CT molecular complexity index is 1370. The van der Waals surface area contributed by atoms with Gasteiger partial charge in [-0.3, -0.25) is 14.9 Å². The fourth-order valence-electron chi connectivity index (χ4n) is 3.94. The Morgan fingerprint density at radius 1 is 1.03 bits per heavy atom. The molecule has 0 aromatic heterocycles. The van der Waals surface area contributed by atoms with E-state index in [1.807, 2.05) is 50.2 Å². The third-order valence-corrected chi connectivity index (χ3v) is 6.93. The normalized spacial score (nSPS) is 14.8. The molecular formula is C28H24BrClN2O4. The van der Waals surface area contributed by atoms with E-state index in [1.54, 1.807) is 24.3 Å². The van der Waals surface area contributed by atoms with E-state index >= 15 is 0 Å². The summed E-state index contributed by atoms with van der Waals surface area (Å²) in [5.74, 6) is -0.920. The van der Waals surface area contributed by atoms with Crippen molar-refractivity contribution in [2.45, 2.75) is 26.7 Å². The van der Waals surface area contributed by atoms with Crippen molar-refractivity contribution in [1.82, 2.24) is 5.32 Å². The van der Waals surface area contributed by atoms with Crippen LogP contribution in [0.4, 0.5) is 10.5 Å². The van der Waals surface area contributed by atoms with Crippen molar-refractivity contribution >= 4 is 57.1 Å². The summed E-state index contributed by atoms with van der Waals surface area (Å²) < 4.78 is 6.82. The second-order valence-electron chi connectivity index (χ2n) is 8.16. The van der Waals surface area contributed by atoms with Crippen molar-refractivity contribution in [3.63, 3.8) is 0 Å². The number of aryl methyl sites for hydroxylation is 1. The van der Waals surface area contributed by atoms with Gasteiger partial charge in [-0.1, -0.05) is 64.8 Å². The number of amides is 4. The number of rotatable bonds is 7. The van der Waals surface area contributed by atoms with Crippen molar-refractivity contribution in [3.8, 4) is 5.75 Å². The highest BCUT2D eigenvalue weighted by Gasteiger charge is 2.36. The summed E-state index contributed by atoms with van der Waals surface area (Å²) >= 11 is 10.2. The zero-order valence-electron chi connectivity index (χ0n) is 19.8. The average molecular weight is 568 g/mol. The van der Waals surface area contributed by atoms with E-state index in [0.29, 0.717) is 35.1 Å². The minimum atomic E-state index is -0.789. The van der Waals surface area contributed by atoms with E-state index in [-0.39, 0.29) is 5.57 Å². The number of hydrogen-bond donors (Lipinski definition) is 1. The zero-order chi connectivity index (χ0) is 25.8. The SMILES string of the molecule is CCOc1cc(/C=C2\C(=O)NC(=O)N(c3ccc(CC)cc3)C2=O)cc(Cl)c1Cc1ccccc1Br. The highest BCUT2D eigenvalue weighted by molar-refractivity contribution is 9.10. The summed E-state index contributed by atoms with van der Waals surface area (Å²) in [6, 6.07) is 17.5. The number of nitrogens with one attached hydrogen (secondary N) is 1. The molecular weight excluding hydrogens is 544 g/mol. The number of nitrogens with zero attached hydrogens (tertiary/aromatic N) is 1. The van der Waals surface area contributed by atoms with Crippen LogP contribution < -0.4 is 15.0 Å². The van der Waals surface area contributed by atoms with Crippen molar-refractivity contribution in [2.75, 3.05) is 11.5 Å². The first-order valence-corrected chi connectivity index (χ1v) is 12.7. The smallest absolute Gasteiger partial charge is 0.335 e. The molecule has 0 unspecified atom stereocenters. The minimum absolute atomic E-state index is 0.175. The fraction of sp³-hybridized carbons (Fsp3) is 0.179. The third-order valence-electron chi connectivity index (χ3n) is 5.82. The Morgan fingerprint density at radius 3 is 2.42 bits per heavy atom. The standard InChI is InChI=1S/C28H24BrClN2O4/c1-3-17-9-11-20(12-10-17)32-27(34)22(26(33)31-28(32)35)13-18-14-24(30)21(25(15-18)36-4-2)16-19-7-5-6-8-23(19)29/h5-15H,3-4,16H2,1-2H3,(H,31,33,35)/b22-13+. The van der Waals surface area contributed by atoms with Gasteiger partial charge < -0.3 is 4.74 Å². The topological polar surface area (TPSA) is 75.7 Å². The number of anilines is 1. The maximum Gasteiger partial charge on any atom is 0.335 e. The molecule has 6 nitrogen and oxygen atoms in total. The number of imide groups is 2. The number of urea groups is 1.